The lowest BCUT2D eigenvalue weighted by molar-refractivity contribution is 1.27. The van der Waals surface area contributed by atoms with Crippen molar-refractivity contribution in [2.24, 2.45) is 0 Å². The number of hydrogen-bond acceptors (Lipinski definition) is 0. The molecule has 1 aromatic carbocycles. The van der Waals surface area contributed by atoms with E-state index in [-0.39, 0.29) is 0 Å². The topological polar surface area (TPSA) is 0 Å². The highest BCUT2D eigenvalue weighted by atomic mass is 79.9. The lowest BCUT2D eigenvalue weighted by Crippen LogP contribution is -1.75. The van der Waals surface area contributed by atoms with Gasteiger partial charge in [-0.05, 0) is 24.1 Å². The summed E-state index contributed by atoms with van der Waals surface area (Å²) in [5.74, 6) is 0. The third kappa shape index (κ3) is 3.84. The second kappa shape index (κ2) is 5.84. The zero-order valence-corrected chi connectivity index (χ0v) is 10.9. The summed E-state index contributed by atoms with van der Waals surface area (Å²) in [4.78, 5) is 0. The van der Waals surface area contributed by atoms with Crippen molar-refractivity contribution < 1.29 is 0 Å². The van der Waals surface area contributed by atoms with Gasteiger partial charge in [0.25, 0.3) is 0 Å². The van der Waals surface area contributed by atoms with Gasteiger partial charge in [0.1, 0.15) is 0 Å². The summed E-state index contributed by atoms with van der Waals surface area (Å²) in [5, 5.41) is 1.76. The van der Waals surface area contributed by atoms with Crippen LogP contribution in [0.1, 0.15) is 12.0 Å². The van der Waals surface area contributed by atoms with Crippen molar-refractivity contribution in [2.45, 2.75) is 6.42 Å². The Morgan fingerprint density at radius 1 is 1.38 bits per heavy atom. The van der Waals surface area contributed by atoms with Crippen molar-refractivity contribution in [2.75, 3.05) is 5.33 Å². The third-order valence-electron chi connectivity index (χ3n) is 1.54. The fraction of sp³-hybridized carbons (Fsp3) is 0.200. The van der Waals surface area contributed by atoms with Gasteiger partial charge in [0.05, 0.1) is 0 Å². The normalized spacial score (nSPS) is 11.0. The molecule has 0 nitrogen and oxygen atoms in total. The summed E-state index contributed by atoms with van der Waals surface area (Å²) in [7, 11) is 0. The standard InChI is InChI=1S/C10H9Br2Cl/c11-6-2-1-3-8-4-5-9(12)7-10(8)13/h1,3-5,7H,2,6H2. The van der Waals surface area contributed by atoms with Gasteiger partial charge < -0.3 is 0 Å². The van der Waals surface area contributed by atoms with E-state index in [1.165, 1.54) is 0 Å². The van der Waals surface area contributed by atoms with Gasteiger partial charge in [-0.3, -0.25) is 0 Å². The molecule has 0 saturated carbocycles. The molecule has 0 N–H and O–H groups in total. The van der Waals surface area contributed by atoms with Crippen molar-refractivity contribution in [1.82, 2.24) is 0 Å². The first-order valence-corrected chi connectivity index (χ1v) is 6.21. The molecule has 0 amide bonds. The second-order valence-electron chi connectivity index (χ2n) is 2.55. The number of rotatable bonds is 3. The summed E-state index contributed by atoms with van der Waals surface area (Å²) in [6.45, 7) is 0. The molecule has 1 aromatic rings. The lowest BCUT2D eigenvalue weighted by atomic mass is 10.2. The first kappa shape index (κ1) is 11.3. The van der Waals surface area contributed by atoms with Crippen LogP contribution in [-0.2, 0) is 0 Å². The van der Waals surface area contributed by atoms with E-state index in [1.54, 1.807) is 0 Å². The van der Waals surface area contributed by atoms with Crippen LogP contribution in [0.15, 0.2) is 28.7 Å². The highest BCUT2D eigenvalue weighted by Crippen LogP contribution is 2.22. The predicted octanol–water partition coefficient (Wildman–Crippen LogP) is 4.90. The molecular formula is C10H9Br2Cl. The van der Waals surface area contributed by atoms with Gasteiger partial charge in [0.15, 0.2) is 0 Å². The smallest absolute Gasteiger partial charge is 0.0489 e. The van der Waals surface area contributed by atoms with E-state index in [2.05, 4.69) is 37.9 Å². The molecule has 3 heteroatoms. The van der Waals surface area contributed by atoms with Crippen LogP contribution in [0.25, 0.3) is 6.08 Å². The zero-order chi connectivity index (χ0) is 9.68. The number of benzene rings is 1. The molecule has 0 aliphatic heterocycles. The van der Waals surface area contributed by atoms with E-state index in [0.29, 0.717) is 0 Å². The summed E-state index contributed by atoms with van der Waals surface area (Å²) in [6, 6.07) is 5.88. The Morgan fingerprint density at radius 2 is 2.15 bits per heavy atom. The molecule has 0 aliphatic carbocycles. The Hall–Kier alpha value is 0.210. The van der Waals surface area contributed by atoms with Crippen LogP contribution in [0.2, 0.25) is 5.02 Å². The minimum Gasteiger partial charge on any atom is -0.0925 e. The molecule has 0 fully saturated rings. The first-order chi connectivity index (χ1) is 6.24. The molecule has 13 heavy (non-hydrogen) atoms. The highest BCUT2D eigenvalue weighted by Gasteiger charge is 1.95. The van der Waals surface area contributed by atoms with Gasteiger partial charge in [-0.2, -0.15) is 0 Å². The van der Waals surface area contributed by atoms with E-state index in [0.717, 1.165) is 26.8 Å². The van der Waals surface area contributed by atoms with Crippen molar-refractivity contribution in [3.8, 4) is 0 Å². The molecular weight excluding hydrogens is 315 g/mol. The van der Waals surface area contributed by atoms with E-state index < -0.39 is 0 Å². The number of halogens is 3. The van der Waals surface area contributed by atoms with Crippen LogP contribution in [-0.4, -0.2) is 5.33 Å². The maximum absolute atomic E-state index is 6.02. The van der Waals surface area contributed by atoms with Crippen LogP contribution >= 0.6 is 43.5 Å². The molecule has 1 rings (SSSR count). The fourth-order valence-corrected chi connectivity index (χ4v) is 1.91. The molecule has 0 saturated heterocycles. The van der Waals surface area contributed by atoms with Crippen molar-refractivity contribution in [3.63, 3.8) is 0 Å². The second-order valence-corrected chi connectivity index (χ2v) is 4.66. The van der Waals surface area contributed by atoms with E-state index in [4.69, 9.17) is 11.6 Å². The summed E-state index contributed by atoms with van der Waals surface area (Å²) >= 11 is 12.7. The molecule has 0 bridgehead atoms. The maximum Gasteiger partial charge on any atom is 0.0489 e. The summed E-state index contributed by atoms with van der Waals surface area (Å²) in [5.41, 5.74) is 1.06. The van der Waals surface area contributed by atoms with E-state index in [9.17, 15) is 0 Å². The summed E-state index contributed by atoms with van der Waals surface area (Å²) in [6.07, 6.45) is 5.16. The van der Waals surface area contributed by atoms with Crippen LogP contribution in [0.5, 0.6) is 0 Å². The quantitative estimate of drug-likeness (QED) is 0.694. The molecule has 0 unspecified atom stereocenters. The third-order valence-corrected chi connectivity index (χ3v) is 2.81. The number of allylic oxidation sites excluding steroid dienone is 1. The molecule has 0 spiro atoms. The molecule has 0 aliphatic rings. The highest BCUT2D eigenvalue weighted by molar-refractivity contribution is 9.10. The molecule has 0 heterocycles. The molecule has 0 aromatic heterocycles. The van der Waals surface area contributed by atoms with Gasteiger partial charge in [-0.1, -0.05) is 61.7 Å². The minimum atomic E-state index is 0.778. The summed E-state index contributed by atoms with van der Waals surface area (Å²) < 4.78 is 1.01. The monoisotopic (exact) mass is 322 g/mol. The average molecular weight is 324 g/mol. The Bertz CT molecular complexity index is 308. The van der Waals surface area contributed by atoms with Gasteiger partial charge in [-0.15, -0.1) is 0 Å². The van der Waals surface area contributed by atoms with Crippen LogP contribution < -0.4 is 0 Å². The minimum absolute atomic E-state index is 0.778. The van der Waals surface area contributed by atoms with Crippen molar-refractivity contribution in [1.29, 1.82) is 0 Å². The Balaban J connectivity index is 2.77. The van der Waals surface area contributed by atoms with Gasteiger partial charge in [0, 0.05) is 14.8 Å². The van der Waals surface area contributed by atoms with Crippen LogP contribution in [0, 0.1) is 0 Å². The van der Waals surface area contributed by atoms with Crippen LogP contribution in [0.3, 0.4) is 0 Å². The first-order valence-electron chi connectivity index (χ1n) is 3.91. The van der Waals surface area contributed by atoms with E-state index in [1.807, 2.05) is 24.3 Å². The average Bonchev–Trinajstić information content (AvgIpc) is 2.09. The van der Waals surface area contributed by atoms with Gasteiger partial charge in [-0.25, -0.2) is 0 Å². The van der Waals surface area contributed by atoms with Crippen molar-refractivity contribution in [3.05, 3.63) is 39.3 Å². The van der Waals surface area contributed by atoms with Crippen LogP contribution in [0.4, 0.5) is 0 Å². The zero-order valence-electron chi connectivity index (χ0n) is 6.93. The fourth-order valence-electron chi connectivity index (χ4n) is 0.910. The largest absolute Gasteiger partial charge is 0.0925 e. The van der Waals surface area contributed by atoms with E-state index >= 15 is 0 Å². The lowest BCUT2D eigenvalue weighted by Gasteiger charge is -1.98. The number of alkyl halides is 1. The van der Waals surface area contributed by atoms with Gasteiger partial charge in [0.2, 0.25) is 0 Å². The van der Waals surface area contributed by atoms with Crippen molar-refractivity contribution >= 4 is 49.5 Å². The molecule has 70 valence electrons. The maximum atomic E-state index is 6.02. The Labute approximate surface area is 100 Å². The molecule has 0 radical (unpaired) electrons. The predicted molar refractivity (Wildman–Crippen MR) is 66.6 cm³/mol. The SMILES string of the molecule is Clc1cc(Br)ccc1C=CCCBr. The Morgan fingerprint density at radius 3 is 2.77 bits per heavy atom. The Kier molecular flexibility index (Phi) is 5.07. The van der Waals surface area contributed by atoms with Gasteiger partial charge >= 0.3 is 0 Å². The molecule has 0 atom stereocenters. The number of hydrogen-bond donors (Lipinski definition) is 0.